The summed E-state index contributed by atoms with van der Waals surface area (Å²) in [6.07, 6.45) is 2.22. The molecule has 0 aromatic heterocycles. The Kier molecular flexibility index (Phi) is 4.63. The molecule has 0 amide bonds. The molecule has 2 aliphatic heterocycles. The van der Waals surface area contributed by atoms with Gasteiger partial charge in [-0.25, -0.2) is 11.6 Å². The van der Waals surface area contributed by atoms with Crippen molar-refractivity contribution >= 4 is 81.3 Å². The van der Waals surface area contributed by atoms with Gasteiger partial charge in [-0.3, -0.25) is 0 Å². The lowest BCUT2D eigenvalue weighted by atomic mass is 9.31. The lowest BCUT2D eigenvalue weighted by molar-refractivity contribution is 1.17. The fraction of sp³-hybridized carbons (Fsp3) is 0.143. The van der Waals surface area contributed by atoms with Crippen LogP contribution in [0.15, 0.2) is 68.1 Å². The van der Waals surface area contributed by atoms with Crippen molar-refractivity contribution in [1.82, 2.24) is 0 Å². The third-order valence-electron chi connectivity index (χ3n) is 5.54. The lowest BCUT2D eigenvalue weighted by Crippen LogP contribution is -2.66. The molecule has 0 aliphatic carbocycles. The summed E-state index contributed by atoms with van der Waals surface area (Å²) in [5, 5.41) is 0.876. The van der Waals surface area contributed by atoms with Crippen LogP contribution in [-0.4, -0.2) is 19.0 Å². The second kappa shape index (κ2) is 6.88. The second-order valence-electron chi connectivity index (χ2n) is 7.15. The molecular formula is C21H17B2ClS3. The Morgan fingerprint density at radius 2 is 1.37 bits per heavy atom. The number of benzene rings is 3. The molecule has 0 atom stereocenters. The van der Waals surface area contributed by atoms with Crippen molar-refractivity contribution in [3.8, 4) is 0 Å². The topological polar surface area (TPSA) is 0 Å². The molecule has 0 fully saturated rings. The van der Waals surface area contributed by atoms with E-state index in [2.05, 4.69) is 68.5 Å². The van der Waals surface area contributed by atoms with Crippen molar-refractivity contribution in [1.29, 1.82) is 0 Å². The van der Waals surface area contributed by atoms with E-state index in [4.69, 9.17) is 11.6 Å². The summed E-state index contributed by atoms with van der Waals surface area (Å²) >= 11 is 12.2. The Bertz CT molecular complexity index is 1080. The van der Waals surface area contributed by atoms with Gasteiger partial charge in [0.25, 0.3) is 5.99 Å². The predicted octanol–water partition coefficient (Wildman–Crippen LogP) is 4.29. The van der Waals surface area contributed by atoms with Gasteiger partial charge in [0, 0.05) is 24.6 Å². The van der Waals surface area contributed by atoms with Crippen molar-refractivity contribution in [3.05, 3.63) is 59.1 Å². The Balaban J connectivity index is 1.68. The molecule has 0 radical (unpaired) electrons. The summed E-state index contributed by atoms with van der Waals surface area (Å²) in [6.45, 7) is 4.79. The minimum Gasteiger partial charge on any atom is -0.200 e. The molecular weight excluding hydrogens is 406 g/mol. The standard InChI is InChI=1S/C21H17B2ClS3/c1-12-8-15-13(9-17(12)24)22(2)14-10-20-21(11-16(14)23(15)25-3)27-19-7-5-4-6-18(19)26-20/h4-11H,1-3H3. The zero-order valence-electron chi connectivity index (χ0n) is 15.4. The Labute approximate surface area is 179 Å². The van der Waals surface area contributed by atoms with Crippen molar-refractivity contribution in [2.75, 3.05) is 6.26 Å². The van der Waals surface area contributed by atoms with E-state index < -0.39 is 0 Å². The zero-order chi connectivity index (χ0) is 18.7. The highest BCUT2D eigenvalue weighted by Gasteiger charge is 2.36. The van der Waals surface area contributed by atoms with Gasteiger partial charge in [0.15, 0.2) is 0 Å². The molecule has 27 heavy (non-hydrogen) atoms. The number of rotatable bonds is 1. The third kappa shape index (κ3) is 2.90. The van der Waals surface area contributed by atoms with Gasteiger partial charge >= 0.3 is 0 Å². The number of hydrogen-bond donors (Lipinski definition) is 0. The maximum Gasteiger partial charge on any atom is 0.272 e. The highest BCUT2D eigenvalue weighted by atomic mass is 35.5. The summed E-state index contributed by atoms with van der Waals surface area (Å²) in [5.41, 5.74) is 6.90. The Hall–Kier alpha value is -0.870. The molecule has 2 aliphatic rings. The van der Waals surface area contributed by atoms with Crippen LogP contribution < -0.4 is 21.9 Å². The van der Waals surface area contributed by atoms with Crippen molar-refractivity contribution in [3.63, 3.8) is 0 Å². The van der Waals surface area contributed by atoms with Gasteiger partial charge in [-0.05, 0) is 36.9 Å². The summed E-state index contributed by atoms with van der Waals surface area (Å²) in [7, 11) is 0. The predicted molar refractivity (Wildman–Crippen MR) is 127 cm³/mol. The SMILES string of the molecule is CSB1c2cc(C)c(Cl)cc2B(C)c2cc3c(cc21)Sc1ccccc1S3. The van der Waals surface area contributed by atoms with E-state index in [-0.39, 0.29) is 0 Å². The van der Waals surface area contributed by atoms with Crippen LogP contribution in [-0.2, 0) is 0 Å². The quantitative estimate of drug-likeness (QED) is 0.420. The van der Waals surface area contributed by atoms with Crippen LogP contribution in [0, 0.1) is 6.92 Å². The van der Waals surface area contributed by atoms with E-state index in [1.807, 2.05) is 35.1 Å². The normalized spacial score (nSPS) is 14.4. The van der Waals surface area contributed by atoms with Crippen LogP contribution in [0.4, 0.5) is 0 Å². The number of hydrogen-bond acceptors (Lipinski definition) is 3. The Morgan fingerprint density at radius 1 is 0.815 bits per heavy atom. The summed E-state index contributed by atoms with van der Waals surface area (Å²) in [5.74, 6) is 0.371. The second-order valence-corrected chi connectivity index (χ2v) is 10.7. The molecule has 0 unspecified atom stereocenters. The average molecular weight is 423 g/mol. The molecule has 3 aromatic carbocycles. The Morgan fingerprint density at radius 3 is 2.00 bits per heavy atom. The fourth-order valence-electron chi connectivity index (χ4n) is 4.12. The first-order valence-corrected chi connectivity index (χ1v) is 12.3. The monoisotopic (exact) mass is 422 g/mol. The van der Waals surface area contributed by atoms with Crippen LogP contribution in [0.3, 0.4) is 0 Å². The molecule has 0 bridgehead atoms. The molecule has 0 N–H and O–H groups in total. The van der Waals surface area contributed by atoms with Gasteiger partial charge in [0.2, 0.25) is 6.71 Å². The largest absolute Gasteiger partial charge is 0.272 e. The number of halogens is 1. The van der Waals surface area contributed by atoms with Gasteiger partial charge in [0.05, 0.1) is 0 Å². The average Bonchev–Trinajstić information content (AvgIpc) is 2.67. The van der Waals surface area contributed by atoms with Gasteiger partial charge in [-0.15, -0.1) is 0 Å². The molecule has 6 heteroatoms. The van der Waals surface area contributed by atoms with Crippen molar-refractivity contribution < 1.29 is 0 Å². The van der Waals surface area contributed by atoms with Crippen LogP contribution in [0.25, 0.3) is 0 Å². The van der Waals surface area contributed by atoms with Crippen LogP contribution in [0.2, 0.25) is 11.8 Å². The molecule has 0 nitrogen and oxygen atoms in total. The van der Waals surface area contributed by atoms with Gasteiger partial charge in [-0.2, -0.15) is 0 Å². The van der Waals surface area contributed by atoms with Crippen LogP contribution in [0.1, 0.15) is 5.56 Å². The molecule has 132 valence electrons. The van der Waals surface area contributed by atoms with E-state index in [0.717, 1.165) is 5.02 Å². The third-order valence-corrected chi connectivity index (χ3v) is 9.45. The molecule has 2 heterocycles. The summed E-state index contributed by atoms with van der Waals surface area (Å²) in [6, 6.07) is 18.1. The minimum atomic E-state index is 0.365. The van der Waals surface area contributed by atoms with Crippen molar-refractivity contribution in [2.45, 2.75) is 33.3 Å². The zero-order valence-corrected chi connectivity index (χ0v) is 18.6. The van der Waals surface area contributed by atoms with E-state index in [0.29, 0.717) is 12.7 Å². The van der Waals surface area contributed by atoms with Crippen molar-refractivity contribution in [2.24, 2.45) is 0 Å². The highest BCUT2D eigenvalue weighted by Crippen LogP contribution is 2.47. The van der Waals surface area contributed by atoms with E-state index in [1.54, 1.807) is 0 Å². The maximum atomic E-state index is 6.49. The van der Waals surface area contributed by atoms with Crippen LogP contribution >= 0.6 is 46.7 Å². The first-order valence-electron chi connectivity index (χ1n) is 9.02. The molecule has 3 aromatic rings. The van der Waals surface area contributed by atoms with Crippen LogP contribution in [0.5, 0.6) is 0 Å². The first-order chi connectivity index (χ1) is 13.1. The minimum absolute atomic E-state index is 0.365. The van der Waals surface area contributed by atoms with E-state index >= 15 is 0 Å². The molecule has 5 rings (SSSR count). The van der Waals surface area contributed by atoms with E-state index in [9.17, 15) is 0 Å². The number of fused-ring (bicyclic) bond motifs is 4. The van der Waals surface area contributed by atoms with Gasteiger partial charge in [0.1, 0.15) is 0 Å². The lowest BCUT2D eigenvalue weighted by Gasteiger charge is -2.31. The number of aryl methyl sites for hydroxylation is 1. The van der Waals surface area contributed by atoms with Gasteiger partial charge in [-0.1, -0.05) is 94.1 Å². The molecule has 0 saturated carbocycles. The molecule has 0 spiro atoms. The fourth-order valence-corrected chi connectivity index (χ4v) is 7.50. The first kappa shape index (κ1) is 18.2. The highest BCUT2D eigenvalue weighted by molar-refractivity contribution is 8.27. The van der Waals surface area contributed by atoms with Gasteiger partial charge < -0.3 is 0 Å². The maximum absolute atomic E-state index is 6.49. The van der Waals surface area contributed by atoms with E-state index in [1.165, 1.54) is 47.0 Å². The molecule has 0 saturated heterocycles. The smallest absolute Gasteiger partial charge is 0.200 e. The summed E-state index contributed by atoms with van der Waals surface area (Å²) in [4.78, 5) is 5.49. The summed E-state index contributed by atoms with van der Waals surface area (Å²) < 4.78 is 0.